The smallest absolute Gasteiger partial charge is 0.262 e. The van der Waals surface area contributed by atoms with E-state index in [1.54, 1.807) is 0 Å². The second-order valence-corrected chi connectivity index (χ2v) is 8.13. The molecule has 1 aliphatic heterocycles. The van der Waals surface area contributed by atoms with Crippen molar-refractivity contribution < 1.29 is 26.3 Å². The van der Waals surface area contributed by atoms with Gasteiger partial charge in [0.2, 0.25) is 0 Å². The van der Waals surface area contributed by atoms with Crippen molar-refractivity contribution >= 4 is 21.4 Å². The van der Waals surface area contributed by atoms with E-state index >= 15 is 0 Å². The van der Waals surface area contributed by atoms with Gasteiger partial charge in [0.1, 0.15) is 5.75 Å². The highest BCUT2D eigenvalue weighted by Gasteiger charge is 2.24. The second kappa shape index (κ2) is 7.88. The zero-order chi connectivity index (χ0) is 20.5. The minimum Gasteiger partial charge on any atom is -0.495 e. The molecule has 6 nitrogen and oxygen atoms in total. The highest BCUT2D eigenvalue weighted by atomic mass is 32.2. The van der Waals surface area contributed by atoms with Crippen molar-refractivity contribution in [2.75, 3.05) is 50.0 Å². The number of piperazine rings is 1. The Morgan fingerprint density at radius 2 is 1.68 bits per heavy atom. The highest BCUT2D eigenvalue weighted by Crippen LogP contribution is 2.32. The van der Waals surface area contributed by atoms with Crippen LogP contribution in [-0.4, -0.2) is 53.7 Å². The van der Waals surface area contributed by atoms with Crippen LogP contribution in [0.2, 0.25) is 0 Å². The van der Waals surface area contributed by atoms with Crippen molar-refractivity contribution in [3.8, 4) is 5.75 Å². The molecule has 10 heteroatoms. The van der Waals surface area contributed by atoms with Crippen LogP contribution in [0.3, 0.4) is 0 Å². The Bertz CT molecular complexity index is 978. The fraction of sp³-hybridized carbons (Fsp3) is 0.333. The Morgan fingerprint density at radius 1 is 1.00 bits per heavy atom. The number of sulfonamides is 1. The first kappa shape index (κ1) is 20.3. The number of methoxy groups -OCH3 is 1. The summed E-state index contributed by atoms with van der Waals surface area (Å²) >= 11 is 0. The number of nitrogens with zero attached hydrogens (tertiary/aromatic N) is 2. The summed E-state index contributed by atoms with van der Waals surface area (Å²) in [5.74, 6) is -4.24. The number of anilines is 2. The molecule has 0 aliphatic carbocycles. The fourth-order valence-corrected chi connectivity index (χ4v) is 4.02. The van der Waals surface area contributed by atoms with Crippen molar-refractivity contribution in [3.63, 3.8) is 0 Å². The molecule has 3 rings (SSSR count). The van der Waals surface area contributed by atoms with E-state index in [4.69, 9.17) is 4.74 Å². The zero-order valence-electron chi connectivity index (χ0n) is 15.4. The Hall–Kier alpha value is -2.46. The maximum atomic E-state index is 13.9. The number of rotatable bonds is 5. The van der Waals surface area contributed by atoms with Crippen LogP contribution in [0.1, 0.15) is 0 Å². The summed E-state index contributed by atoms with van der Waals surface area (Å²) in [6.07, 6.45) is 0. The Morgan fingerprint density at radius 3 is 2.32 bits per heavy atom. The third kappa shape index (κ3) is 4.02. The van der Waals surface area contributed by atoms with Crippen molar-refractivity contribution in [1.82, 2.24) is 4.90 Å². The number of halogens is 3. The maximum Gasteiger partial charge on any atom is 0.262 e. The first-order valence-corrected chi connectivity index (χ1v) is 9.99. The molecule has 0 atom stereocenters. The zero-order valence-corrected chi connectivity index (χ0v) is 16.2. The number of hydrogen-bond donors (Lipinski definition) is 1. The van der Waals surface area contributed by atoms with Gasteiger partial charge in [0, 0.05) is 26.2 Å². The Labute approximate surface area is 161 Å². The van der Waals surface area contributed by atoms with Crippen LogP contribution < -0.4 is 14.4 Å². The van der Waals surface area contributed by atoms with Crippen molar-refractivity contribution in [2.45, 2.75) is 4.90 Å². The fourth-order valence-electron chi connectivity index (χ4n) is 2.94. The van der Waals surface area contributed by atoms with E-state index in [0.717, 1.165) is 19.2 Å². The third-order valence-electron chi connectivity index (χ3n) is 4.58. The van der Waals surface area contributed by atoms with Crippen LogP contribution >= 0.6 is 0 Å². The summed E-state index contributed by atoms with van der Waals surface area (Å²) in [6.45, 7) is 2.97. The van der Waals surface area contributed by atoms with Gasteiger partial charge in [0.25, 0.3) is 10.0 Å². The summed E-state index contributed by atoms with van der Waals surface area (Å²) in [4.78, 5) is 4.00. The minimum absolute atomic E-state index is 0.147. The van der Waals surface area contributed by atoms with Gasteiger partial charge in [-0.3, -0.25) is 4.72 Å². The lowest BCUT2D eigenvalue weighted by Gasteiger charge is -2.34. The standard InChI is InChI=1S/C18H20F3N3O3S/c1-23-7-9-24(10-8-23)15-11-12(3-6-16(15)27-2)28(25,26)22-14-5-4-13(19)17(20)18(14)21/h3-6,11,22H,7-10H2,1-2H3. The van der Waals surface area contributed by atoms with Crippen LogP contribution in [0.15, 0.2) is 35.2 Å². The Kier molecular flexibility index (Phi) is 5.71. The molecule has 1 N–H and O–H groups in total. The number of ether oxygens (including phenoxy) is 1. The van der Waals surface area contributed by atoms with Crippen molar-refractivity contribution in [3.05, 3.63) is 47.8 Å². The second-order valence-electron chi connectivity index (χ2n) is 6.45. The SMILES string of the molecule is COc1ccc(S(=O)(=O)Nc2ccc(F)c(F)c2F)cc1N1CCN(C)CC1. The first-order valence-electron chi connectivity index (χ1n) is 8.51. The number of nitrogens with one attached hydrogen (secondary N) is 1. The molecule has 152 valence electrons. The molecule has 0 aromatic heterocycles. The molecule has 0 spiro atoms. The summed E-state index contributed by atoms with van der Waals surface area (Å²) in [7, 11) is -0.754. The van der Waals surface area contributed by atoms with E-state index in [1.807, 2.05) is 16.7 Å². The molecule has 1 heterocycles. The van der Waals surface area contributed by atoms with Gasteiger partial charge in [-0.05, 0) is 37.4 Å². The van der Waals surface area contributed by atoms with E-state index in [1.165, 1.54) is 25.3 Å². The summed E-state index contributed by atoms with van der Waals surface area (Å²) in [6, 6.07) is 5.71. The van der Waals surface area contributed by atoms with Crippen LogP contribution in [-0.2, 0) is 10.0 Å². The largest absolute Gasteiger partial charge is 0.495 e. The quantitative estimate of drug-likeness (QED) is 0.761. The van der Waals surface area contributed by atoms with Crippen LogP contribution in [0, 0.1) is 17.5 Å². The lowest BCUT2D eigenvalue weighted by Crippen LogP contribution is -2.44. The molecular formula is C18H20F3N3O3S. The molecule has 1 fully saturated rings. The van der Waals surface area contributed by atoms with Gasteiger partial charge in [0.05, 0.1) is 23.4 Å². The van der Waals surface area contributed by atoms with Gasteiger partial charge >= 0.3 is 0 Å². The first-order chi connectivity index (χ1) is 13.2. The van der Waals surface area contributed by atoms with Gasteiger partial charge in [-0.25, -0.2) is 21.6 Å². The maximum absolute atomic E-state index is 13.9. The molecule has 1 aliphatic rings. The molecule has 0 radical (unpaired) electrons. The van der Waals surface area contributed by atoms with Gasteiger partial charge < -0.3 is 14.5 Å². The summed E-state index contributed by atoms with van der Waals surface area (Å²) in [5.41, 5.74) is -0.0832. The number of hydrogen-bond acceptors (Lipinski definition) is 5. The summed E-state index contributed by atoms with van der Waals surface area (Å²) < 4.78 is 73.0. The molecule has 2 aromatic carbocycles. The van der Waals surface area contributed by atoms with E-state index in [-0.39, 0.29) is 4.90 Å². The predicted octanol–water partition coefficient (Wildman–Crippen LogP) is 2.67. The third-order valence-corrected chi connectivity index (χ3v) is 5.95. The van der Waals surface area contributed by atoms with E-state index in [2.05, 4.69) is 4.90 Å². The van der Waals surface area contributed by atoms with Crippen LogP contribution in [0.4, 0.5) is 24.5 Å². The van der Waals surface area contributed by atoms with Crippen LogP contribution in [0.5, 0.6) is 5.75 Å². The van der Waals surface area contributed by atoms with Gasteiger partial charge in [0.15, 0.2) is 17.5 Å². The average Bonchev–Trinajstić information content (AvgIpc) is 2.68. The van der Waals surface area contributed by atoms with E-state index in [0.29, 0.717) is 30.6 Å². The molecule has 1 saturated heterocycles. The topological polar surface area (TPSA) is 61.9 Å². The van der Waals surface area contributed by atoms with Crippen molar-refractivity contribution in [2.24, 2.45) is 0 Å². The van der Waals surface area contributed by atoms with Gasteiger partial charge in [-0.1, -0.05) is 0 Å². The molecule has 0 bridgehead atoms. The average molecular weight is 415 g/mol. The monoisotopic (exact) mass is 415 g/mol. The summed E-state index contributed by atoms with van der Waals surface area (Å²) in [5, 5.41) is 0. The van der Waals surface area contributed by atoms with Crippen molar-refractivity contribution in [1.29, 1.82) is 0 Å². The molecule has 28 heavy (non-hydrogen) atoms. The Balaban J connectivity index is 1.94. The highest BCUT2D eigenvalue weighted by molar-refractivity contribution is 7.92. The van der Waals surface area contributed by atoms with E-state index < -0.39 is 33.2 Å². The van der Waals surface area contributed by atoms with Gasteiger partial charge in [-0.15, -0.1) is 0 Å². The molecule has 0 unspecified atom stereocenters. The lowest BCUT2D eigenvalue weighted by molar-refractivity contribution is 0.311. The number of likely N-dealkylation sites (N-methyl/N-ethyl adjacent to an activating group) is 1. The molecule has 0 amide bonds. The van der Waals surface area contributed by atoms with E-state index in [9.17, 15) is 21.6 Å². The molecule has 0 saturated carbocycles. The minimum atomic E-state index is -4.23. The molecular weight excluding hydrogens is 395 g/mol. The molecule has 2 aromatic rings. The lowest BCUT2D eigenvalue weighted by atomic mass is 10.2. The number of benzene rings is 2. The normalized spacial score (nSPS) is 15.5. The predicted molar refractivity (Wildman–Crippen MR) is 99.8 cm³/mol. The van der Waals surface area contributed by atoms with Crippen LogP contribution in [0.25, 0.3) is 0 Å². The van der Waals surface area contributed by atoms with Gasteiger partial charge in [-0.2, -0.15) is 0 Å².